The van der Waals surface area contributed by atoms with Gasteiger partial charge in [-0.15, -0.1) is 0 Å². The molecule has 0 spiro atoms. The molecule has 7 heteroatoms. The molecule has 0 saturated carbocycles. The lowest BCUT2D eigenvalue weighted by molar-refractivity contribution is -0.138. The minimum atomic E-state index is -4.58. The summed E-state index contributed by atoms with van der Waals surface area (Å²) in [5.74, 6) is -0.966. The van der Waals surface area contributed by atoms with Crippen molar-refractivity contribution in [3.05, 3.63) is 35.1 Å². The van der Waals surface area contributed by atoms with E-state index in [0.29, 0.717) is 25.5 Å². The molecule has 20 heavy (non-hydrogen) atoms. The molecular formula is C13H14F4N2O. The highest BCUT2D eigenvalue weighted by Gasteiger charge is 2.33. The summed E-state index contributed by atoms with van der Waals surface area (Å²) < 4.78 is 51.3. The van der Waals surface area contributed by atoms with Crippen LogP contribution in [-0.2, 0) is 17.5 Å². The van der Waals surface area contributed by atoms with Crippen molar-refractivity contribution in [1.29, 1.82) is 0 Å². The molecule has 1 unspecified atom stereocenters. The molecule has 1 aromatic rings. The van der Waals surface area contributed by atoms with Crippen LogP contribution in [0.4, 0.5) is 17.6 Å². The molecule has 3 nitrogen and oxygen atoms in total. The van der Waals surface area contributed by atoms with Crippen LogP contribution in [-0.4, -0.2) is 18.5 Å². The number of halogens is 4. The Labute approximate surface area is 113 Å². The van der Waals surface area contributed by atoms with Crippen molar-refractivity contribution in [2.45, 2.75) is 31.6 Å². The highest BCUT2D eigenvalue weighted by atomic mass is 19.4. The molecule has 0 aliphatic carbocycles. The van der Waals surface area contributed by atoms with Crippen LogP contribution in [0.25, 0.3) is 0 Å². The zero-order valence-electron chi connectivity index (χ0n) is 10.6. The SMILES string of the molecule is O=C1CCC(NCc2ccc(F)cc2C(F)(F)F)CN1. The van der Waals surface area contributed by atoms with Gasteiger partial charge in [-0.1, -0.05) is 6.07 Å². The molecule has 1 aromatic carbocycles. The fourth-order valence-electron chi connectivity index (χ4n) is 2.13. The molecule has 0 aromatic heterocycles. The van der Waals surface area contributed by atoms with Gasteiger partial charge in [-0.2, -0.15) is 13.2 Å². The number of carbonyl (C=O) groups excluding carboxylic acids is 1. The number of rotatable bonds is 3. The number of hydrogen-bond acceptors (Lipinski definition) is 2. The van der Waals surface area contributed by atoms with Gasteiger partial charge in [-0.25, -0.2) is 4.39 Å². The fourth-order valence-corrected chi connectivity index (χ4v) is 2.13. The lowest BCUT2D eigenvalue weighted by atomic mass is 10.0. The van der Waals surface area contributed by atoms with Gasteiger partial charge >= 0.3 is 6.18 Å². The number of piperidine rings is 1. The van der Waals surface area contributed by atoms with Crippen molar-refractivity contribution in [3.63, 3.8) is 0 Å². The molecule has 1 amide bonds. The second-order valence-electron chi connectivity index (χ2n) is 4.72. The number of nitrogens with one attached hydrogen (secondary N) is 2. The molecule has 0 radical (unpaired) electrons. The molecule has 2 N–H and O–H groups in total. The maximum atomic E-state index is 12.9. The highest BCUT2D eigenvalue weighted by Crippen LogP contribution is 2.32. The molecule has 1 aliphatic rings. The maximum absolute atomic E-state index is 12.9. The lowest BCUT2D eigenvalue weighted by Gasteiger charge is -2.24. The Morgan fingerprint density at radius 1 is 1.35 bits per heavy atom. The first-order chi connectivity index (χ1) is 9.36. The number of hydrogen-bond donors (Lipinski definition) is 2. The largest absolute Gasteiger partial charge is 0.416 e. The van der Waals surface area contributed by atoms with E-state index in [-0.39, 0.29) is 24.1 Å². The molecule has 110 valence electrons. The van der Waals surface area contributed by atoms with Gasteiger partial charge < -0.3 is 10.6 Å². The van der Waals surface area contributed by atoms with Crippen LogP contribution in [0.1, 0.15) is 24.0 Å². The van der Waals surface area contributed by atoms with E-state index in [4.69, 9.17) is 0 Å². The van der Waals surface area contributed by atoms with Crippen LogP contribution in [0.2, 0.25) is 0 Å². The molecule has 1 fully saturated rings. The number of amides is 1. The van der Waals surface area contributed by atoms with Gasteiger partial charge in [0, 0.05) is 25.6 Å². The minimum Gasteiger partial charge on any atom is -0.355 e. The van der Waals surface area contributed by atoms with Crippen molar-refractivity contribution in [2.24, 2.45) is 0 Å². The third kappa shape index (κ3) is 3.69. The number of benzene rings is 1. The number of carbonyl (C=O) groups is 1. The smallest absolute Gasteiger partial charge is 0.355 e. The summed E-state index contributed by atoms with van der Waals surface area (Å²) in [5.41, 5.74) is -0.972. The van der Waals surface area contributed by atoms with Crippen LogP contribution in [0.3, 0.4) is 0 Å². The Morgan fingerprint density at radius 2 is 2.10 bits per heavy atom. The van der Waals surface area contributed by atoms with Gasteiger partial charge in [0.05, 0.1) is 5.56 Å². The molecular weight excluding hydrogens is 276 g/mol. The first-order valence-electron chi connectivity index (χ1n) is 6.22. The average molecular weight is 290 g/mol. The number of alkyl halides is 3. The van der Waals surface area contributed by atoms with Crippen molar-refractivity contribution in [1.82, 2.24) is 10.6 Å². The van der Waals surface area contributed by atoms with Gasteiger partial charge in [-0.3, -0.25) is 4.79 Å². The van der Waals surface area contributed by atoms with Crippen molar-refractivity contribution in [2.75, 3.05) is 6.54 Å². The zero-order valence-corrected chi connectivity index (χ0v) is 10.6. The molecule has 0 bridgehead atoms. The average Bonchev–Trinajstić information content (AvgIpc) is 2.38. The maximum Gasteiger partial charge on any atom is 0.416 e. The van der Waals surface area contributed by atoms with Crippen molar-refractivity contribution < 1.29 is 22.4 Å². The van der Waals surface area contributed by atoms with E-state index in [1.54, 1.807) is 0 Å². The Hall–Kier alpha value is -1.63. The minimum absolute atomic E-state index is 0.00389. The van der Waals surface area contributed by atoms with Gasteiger partial charge in [-0.05, 0) is 24.1 Å². The third-order valence-electron chi connectivity index (χ3n) is 3.22. The monoisotopic (exact) mass is 290 g/mol. The summed E-state index contributed by atoms with van der Waals surface area (Å²) in [6, 6.07) is 2.57. The standard InChI is InChI=1S/C13H14F4N2O/c14-9-2-1-8(11(5-9)13(15,16)17)6-18-10-3-4-12(20)19-7-10/h1-2,5,10,18H,3-4,6-7H2,(H,19,20). The van der Waals surface area contributed by atoms with Crippen LogP contribution in [0, 0.1) is 5.82 Å². The topological polar surface area (TPSA) is 41.1 Å². The first-order valence-corrected chi connectivity index (χ1v) is 6.22. The Kier molecular flexibility index (Phi) is 4.27. The summed E-state index contributed by atoms with van der Waals surface area (Å²) >= 11 is 0. The van der Waals surface area contributed by atoms with Crippen LogP contribution < -0.4 is 10.6 Å². The Morgan fingerprint density at radius 3 is 2.70 bits per heavy atom. The van der Waals surface area contributed by atoms with Crippen LogP contribution >= 0.6 is 0 Å². The highest BCUT2D eigenvalue weighted by molar-refractivity contribution is 5.76. The molecule has 1 atom stereocenters. The van der Waals surface area contributed by atoms with E-state index in [1.807, 2.05) is 0 Å². The summed E-state index contributed by atoms with van der Waals surface area (Å²) in [4.78, 5) is 11.0. The van der Waals surface area contributed by atoms with Crippen LogP contribution in [0.5, 0.6) is 0 Å². The van der Waals surface area contributed by atoms with E-state index in [1.165, 1.54) is 0 Å². The predicted octanol–water partition coefficient (Wildman–Crippen LogP) is 2.21. The van der Waals surface area contributed by atoms with E-state index in [9.17, 15) is 22.4 Å². The van der Waals surface area contributed by atoms with Gasteiger partial charge in [0.2, 0.25) is 5.91 Å². The van der Waals surface area contributed by atoms with E-state index < -0.39 is 17.6 Å². The summed E-state index contributed by atoms with van der Waals surface area (Å²) in [6.45, 7) is 0.372. The second-order valence-corrected chi connectivity index (χ2v) is 4.72. The molecule has 1 aliphatic heterocycles. The molecule has 1 saturated heterocycles. The summed E-state index contributed by atoms with van der Waals surface area (Å²) in [5, 5.41) is 5.59. The summed E-state index contributed by atoms with van der Waals surface area (Å²) in [7, 11) is 0. The van der Waals surface area contributed by atoms with E-state index in [2.05, 4.69) is 10.6 Å². The van der Waals surface area contributed by atoms with E-state index in [0.717, 1.165) is 12.1 Å². The first kappa shape index (κ1) is 14.8. The summed E-state index contributed by atoms with van der Waals surface area (Å²) in [6.07, 6.45) is -3.65. The second kappa shape index (κ2) is 5.78. The van der Waals surface area contributed by atoms with Crippen molar-refractivity contribution in [3.8, 4) is 0 Å². The molecule has 1 heterocycles. The normalized spacial score (nSPS) is 19.8. The third-order valence-corrected chi connectivity index (χ3v) is 3.22. The van der Waals surface area contributed by atoms with Gasteiger partial charge in [0.15, 0.2) is 0 Å². The Bertz CT molecular complexity index is 492. The van der Waals surface area contributed by atoms with Gasteiger partial charge in [0.25, 0.3) is 0 Å². The predicted molar refractivity (Wildman–Crippen MR) is 64.3 cm³/mol. The Balaban J connectivity index is 2.04. The fraction of sp³-hybridized carbons (Fsp3) is 0.462. The van der Waals surface area contributed by atoms with Crippen LogP contribution in [0.15, 0.2) is 18.2 Å². The zero-order chi connectivity index (χ0) is 14.8. The lowest BCUT2D eigenvalue weighted by Crippen LogP contribution is -2.45. The quantitative estimate of drug-likeness (QED) is 0.838. The van der Waals surface area contributed by atoms with Gasteiger partial charge in [0.1, 0.15) is 5.82 Å². The molecule has 2 rings (SSSR count). The van der Waals surface area contributed by atoms with Crippen molar-refractivity contribution >= 4 is 5.91 Å². The van der Waals surface area contributed by atoms with E-state index >= 15 is 0 Å².